The summed E-state index contributed by atoms with van der Waals surface area (Å²) in [6, 6.07) is 8.97. The lowest BCUT2D eigenvalue weighted by Crippen LogP contribution is -2.38. The molecule has 1 heterocycles. The van der Waals surface area contributed by atoms with E-state index in [9.17, 15) is 0 Å². The fourth-order valence-corrected chi connectivity index (χ4v) is 3.25. The van der Waals surface area contributed by atoms with Gasteiger partial charge in [0.1, 0.15) is 0 Å². The Kier molecular flexibility index (Phi) is 3.83. The Morgan fingerprint density at radius 1 is 1.15 bits per heavy atom. The highest BCUT2D eigenvalue weighted by molar-refractivity contribution is 5.93. The van der Waals surface area contributed by atoms with Crippen molar-refractivity contribution >= 4 is 16.6 Å². The Labute approximate surface area is 120 Å². The van der Waals surface area contributed by atoms with Gasteiger partial charge in [0.15, 0.2) is 5.82 Å². The molecule has 0 aliphatic heterocycles. The smallest absolute Gasteiger partial charge is 0.159 e. The van der Waals surface area contributed by atoms with Crippen molar-refractivity contribution in [2.45, 2.75) is 38.6 Å². The first kappa shape index (κ1) is 13.3. The Morgan fingerprint density at radius 2 is 1.85 bits per heavy atom. The summed E-state index contributed by atoms with van der Waals surface area (Å²) in [5, 5.41) is 11.2. The molecule has 106 valence electrons. The third-order valence-corrected chi connectivity index (χ3v) is 4.26. The lowest BCUT2D eigenvalue weighted by molar-refractivity contribution is 0.600. The Balaban J connectivity index is 2.08. The van der Waals surface area contributed by atoms with Crippen LogP contribution in [0, 0.1) is 6.92 Å². The maximum Gasteiger partial charge on any atom is 0.159 e. The number of hydrogen-bond acceptors (Lipinski definition) is 4. The van der Waals surface area contributed by atoms with Crippen molar-refractivity contribution < 1.29 is 0 Å². The number of rotatable bonds is 4. The highest BCUT2D eigenvalue weighted by atomic mass is 15.3. The quantitative estimate of drug-likeness (QED) is 0.928. The molecule has 20 heavy (non-hydrogen) atoms. The van der Waals surface area contributed by atoms with Gasteiger partial charge in [-0.25, -0.2) is 0 Å². The molecule has 0 saturated heterocycles. The molecule has 1 aromatic carbocycles. The molecule has 2 aromatic rings. The molecule has 0 bridgehead atoms. The van der Waals surface area contributed by atoms with E-state index in [1.54, 1.807) is 0 Å². The summed E-state index contributed by atoms with van der Waals surface area (Å²) in [7, 11) is 0. The molecule has 1 fully saturated rings. The number of aromatic nitrogens is 2. The minimum atomic E-state index is 0.568. The number of nitrogens with zero attached hydrogens (tertiary/aromatic N) is 3. The normalized spacial score (nSPS) is 15.9. The van der Waals surface area contributed by atoms with Crippen molar-refractivity contribution in [3.63, 3.8) is 0 Å². The molecule has 2 N–H and O–H groups in total. The molecular formula is C16H22N4. The van der Waals surface area contributed by atoms with Crippen LogP contribution in [0.2, 0.25) is 0 Å². The predicted octanol–water partition coefficient (Wildman–Crippen LogP) is 2.65. The molecule has 0 amide bonds. The lowest BCUT2D eigenvalue weighted by atomic mass is 10.1. The second-order valence-electron chi connectivity index (χ2n) is 5.57. The molecule has 0 unspecified atom stereocenters. The Bertz CT molecular complexity index is 590. The van der Waals surface area contributed by atoms with Crippen molar-refractivity contribution in [3.8, 4) is 0 Å². The van der Waals surface area contributed by atoms with Crippen LogP contribution in [0.1, 0.15) is 31.4 Å². The monoisotopic (exact) mass is 270 g/mol. The third-order valence-electron chi connectivity index (χ3n) is 4.26. The minimum Gasteiger partial charge on any atom is -0.350 e. The second kappa shape index (κ2) is 5.75. The van der Waals surface area contributed by atoms with Crippen LogP contribution >= 0.6 is 0 Å². The van der Waals surface area contributed by atoms with Gasteiger partial charge in [0, 0.05) is 29.9 Å². The lowest BCUT2D eigenvalue weighted by Gasteiger charge is -2.30. The molecule has 4 nitrogen and oxygen atoms in total. The molecule has 0 radical (unpaired) electrons. The number of anilines is 1. The highest BCUT2D eigenvalue weighted by Crippen LogP contribution is 2.31. The highest BCUT2D eigenvalue weighted by Gasteiger charge is 2.25. The summed E-state index contributed by atoms with van der Waals surface area (Å²) >= 11 is 0. The summed E-state index contributed by atoms with van der Waals surface area (Å²) in [6.07, 6.45) is 5.10. The predicted molar refractivity (Wildman–Crippen MR) is 82.9 cm³/mol. The van der Waals surface area contributed by atoms with Crippen LogP contribution < -0.4 is 10.6 Å². The summed E-state index contributed by atoms with van der Waals surface area (Å²) < 4.78 is 0. The van der Waals surface area contributed by atoms with Crippen LogP contribution in [-0.4, -0.2) is 29.3 Å². The first-order valence-electron chi connectivity index (χ1n) is 7.50. The molecule has 4 heteroatoms. The zero-order chi connectivity index (χ0) is 13.9. The Hall–Kier alpha value is -1.68. The van der Waals surface area contributed by atoms with Gasteiger partial charge in [-0.15, -0.1) is 5.10 Å². The van der Waals surface area contributed by atoms with E-state index in [2.05, 4.69) is 39.4 Å². The SMILES string of the molecule is Cc1nnc(N(CCN)C2CCCC2)c2ccccc12. The van der Waals surface area contributed by atoms with E-state index < -0.39 is 0 Å². The van der Waals surface area contributed by atoms with Gasteiger partial charge in [-0.3, -0.25) is 0 Å². The first-order chi connectivity index (χ1) is 9.81. The fraction of sp³-hybridized carbons (Fsp3) is 0.500. The number of hydrogen-bond donors (Lipinski definition) is 1. The van der Waals surface area contributed by atoms with Crippen LogP contribution in [0.25, 0.3) is 10.8 Å². The van der Waals surface area contributed by atoms with Gasteiger partial charge in [-0.1, -0.05) is 37.1 Å². The van der Waals surface area contributed by atoms with E-state index in [1.165, 1.54) is 36.5 Å². The van der Waals surface area contributed by atoms with Gasteiger partial charge in [0.2, 0.25) is 0 Å². The van der Waals surface area contributed by atoms with Gasteiger partial charge in [-0.2, -0.15) is 5.10 Å². The average molecular weight is 270 g/mol. The van der Waals surface area contributed by atoms with Crippen molar-refractivity contribution in [1.82, 2.24) is 10.2 Å². The van der Waals surface area contributed by atoms with E-state index >= 15 is 0 Å². The van der Waals surface area contributed by atoms with Crippen molar-refractivity contribution in [2.24, 2.45) is 5.73 Å². The summed E-state index contributed by atoms with van der Waals surface area (Å²) in [5.74, 6) is 1.00. The largest absolute Gasteiger partial charge is 0.350 e. The van der Waals surface area contributed by atoms with Crippen molar-refractivity contribution in [1.29, 1.82) is 0 Å². The van der Waals surface area contributed by atoms with Crippen molar-refractivity contribution in [3.05, 3.63) is 30.0 Å². The second-order valence-corrected chi connectivity index (χ2v) is 5.57. The summed E-state index contributed by atoms with van der Waals surface area (Å²) in [4.78, 5) is 2.38. The summed E-state index contributed by atoms with van der Waals surface area (Å²) in [5.41, 5.74) is 6.81. The van der Waals surface area contributed by atoms with Gasteiger partial charge in [0.05, 0.1) is 5.69 Å². The molecule has 1 saturated carbocycles. The zero-order valence-corrected chi connectivity index (χ0v) is 12.0. The van der Waals surface area contributed by atoms with Crippen molar-refractivity contribution in [2.75, 3.05) is 18.0 Å². The van der Waals surface area contributed by atoms with Crippen LogP contribution in [0.15, 0.2) is 24.3 Å². The standard InChI is InChI=1S/C16H22N4/c1-12-14-8-4-5-9-15(14)16(19-18-12)20(11-10-17)13-6-2-3-7-13/h4-5,8-9,13H,2-3,6-7,10-11,17H2,1H3. The molecular weight excluding hydrogens is 248 g/mol. The topological polar surface area (TPSA) is 55.0 Å². The molecule has 0 atom stereocenters. The van der Waals surface area contributed by atoms with Gasteiger partial charge in [0.25, 0.3) is 0 Å². The fourth-order valence-electron chi connectivity index (χ4n) is 3.25. The van der Waals surface area contributed by atoms with E-state index in [0.717, 1.165) is 18.1 Å². The molecule has 1 aliphatic rings. The van der Waals surface area contributed by atoms with E-state index in [0.29, 0.717) is 12.6 Å². The van der Waals surface area contributed by atoms with Crippen LogP contribution in [0.3, 0.4) is 0 Å². The maximum atomic E-state index is 5.82. The van der Waals surface area contributed by atoms with Crippen LogP contribution in [-0.2, 0) is 0 Å². The number of benzene rings is 1. The van der Waals surface area contributed by atoms with Crippen LogP contribution in [0.5, 0.6) is 0 Å². The average Bonchev–Trinajstić information content (AvgIpc) is 3.00. The summed E-state index contributed by atoms with van der Waals surface area (Å²) in [6.45, 7) is 3.52. The molecule has 1 aliphatic carbocycles. The van der Waals surface area contributed by atoms with Gasteiger partial charge in [-0.05, 0) is 19.8 Å². The third kappa shape index (κ3) is 2.36. The first-order valence-corrected chi connectivity index (χ1v) is 7.50. The molecule has 3 rings (SSSR count). The zero-order valence-electron chi connectivity index (χ0n) is 12.0. The number of nitrogens with two attached hydrogens (primary N) is 1. The molecule has 1 aromatic heterocycles. The van der Waals surface area contributed by atoms with E-state index in [-0.39, 0.29) is 0 Å². The Morgan fingerprint density at radius 3 is 2.55 bits per heavy atom. The van der Waals surface area contributed by atoms with E-state index in [1.807, 2.05) is 6.92 Å². The number of aryl methyl sites for hydroxylation is 1. The van der Waals surface area contributed by atoms with Gasteiger partial charge >= 0.3 is 0 Å². The van der Waals surface area contributed by atoms with Crippen LogP contribution in [0.4, 0.5) is 5.82 Å². The maximum absolute atomic E-state index is 5.82. The van der Waals surface area contributed by atoms with Gasteiger partial charge < -0.3 is 10.6 Å². The van der Waals surface area contributed by atoms with E-state index in [4.69, 9.17) is 5.73 Å². The number of fused-ring (bicyclic) bond motifs is 1. The molecule has 0 spiro atoms. The minimum absolute atomic E-state index is 0.568.